The van der Waals surface area contributed by atoms with Crippen molar-refractivity contribution in [1.29, 1.82) is 0 Å². The normalized spacial score (nSPS) is 14.4. The Morgan fingerprint density at radius 2 is 1.83 bits per heavy atom. The quantitative estimate of drug-likeness (QED) is 0.631. The van der Waals surface area contributed by atoms with Gasteiger partial charge in [0.05, 0.1) is 17.4 Å². The van der Waals surface area contributed by atoms with Gasteiger partial charge in [0.2, 0.25) is 5.88 Å². The van der Waals surface area contributed by atoms with Crippen LogP contribution in [0.2, 0.25) is 5.02 Å². The predicted octanol–water partition coefficient (Wildman–Crippen LogP) is 3.82. The number of nitrogens with zero attached hydrogens (tertiary/aromatic N) is 4. The Labute approximate surface area is 172 Å². The van der Waals surface area contributed by atoms with Crippen LogP contribution in [0.25, 0.3) is 0 Å². The van der Waals surface area contributed by atoms with Gasteiger partial charge in [-0.2, -0.15) is 0 Å². The van der Waals surface area contributed by atoms with Crippen molar-refractivity contribution < 1.29 is 19.1 Å². The number of ether oxygens (including phenoxy) is 2. The van der Waals surface area contributed by atoms with Crippen LogP contribution in [0.3, 0.4) is 0 Å². The van der Waals surface area contributed by atoms with Crippen LogP contribution in [0.15, 0.2) is 61.1 Å². The van der Waals surface area contributed by atoms with Gasteiger partial charge in [-0.15, -0.1) is 9.94 Å². The molecule has 3 heterocycles. The summed E-state index contributed by atoms with van der Waals surface area (Å²) in [5, 5.41) is 4.57. The molecule has 0 bridgehead atoms. The molecule has 0 aliphatic carbocycles. The minimum absolute atomic E-state index is 0.0249. The smallest absolute Gasteiger partial charge is 0.415 e. The zero-order valence-electron chi connectivity index (χ0n) is 15.5. The number of pyridine rings is 1. The van der Waals surface area contributed by atoms with E-state index in [0.717, 1.165) is 12.8 Å². The van der Waals surface area contributed by atoms with Crippen LogP contribution in [-0.4, -0.2) is 45.1 Å². The molecule has 1 aliphatic heterocycles. The maximum Gasteiger partial charge on any atom is 0.415 e. The topological polar surface area (TPSA) is 78.7 Å². The van der Waals surface area contributed by atoms with E-state index in [9.17, 15) is 4.79 Å². The van der Waals surface area contributed by atoms with Crippen LogP contribution in [0.4, 0.5) is 4.79 Å². The summed E-state index contributed by atoms with van der Waals surface area (Å²) in [6.45, 7) is 1.13. The number of piperidine rings is 1. The van der Waals surface area contributed by atoms with E-state index >= 15 is 0 Å². The summed E-state index contributed by atoms with van der Waals surface area (Å²) in [5.41, 5.74) is 0. The minimum atomic E-state index is -0.379. The average Bonchev–Trinajstić information content (AvgIpc) is 3.25. The van der Waals surface area contributed by atoms with E-state index in [1.807, 2.05) is 0 Å². The fourth-order valence-electron chi connectivity index (χ4n) is 2.90. The van der Waals surface area contributed by atoms with Crippen LogP contribution < -0.4 is 14.3 Å². The average molecular weight is 415 g/mol. The number of carbonyl (C=O) groups is 1. The molecule has 150 valence electrons. The summed E-state index contributed by atoms with van der Waals surface area (Å²) in [5.74, 6) is 1.46. The molecule has 9 heteroatoms. The van der Waals surface area contributed by atoms with E-state index < -0.39 is 0 Å². The second kappa shape index (κ2) is 8.83. The molecule has 1 fully saturated rings. The molecule has 29 heavy (non-hydrogen) atoms. The first-order valence-electron chi connectivity index (χ1n) is 9.19. The van der Waals surface area contributed by atoms with Gasteiger partial charge in [0, 0.05) is 38.2 Å². The van der Waals surface area contributed by atoms with Crippen LogP contribution in [0, 0.1) is 0 Å². The number of hydrogen-bond donors (Lipinski definition) is 0. The van der Waals surface area contributed by atoms with E-state index in [-0.39, 0.29) is 12.2 Å². The SMILES string of the molecule is O=C(Oc1ccc(Oc2ccc(Cl)cn2)cc1)N1CCC(On2cccn2)CC1. The van der Waals surface area contributed by atoms with Crippen molar-refractivity contribution >= 4 is 17.7 Å². The minimum Gasteiger partial charge on any atom is -0.439 e. The first-order valence-corrected chi connectivity index (χ1v) is 9.56. The second-order valence-electron chi connectivity index (χ2n) is 6.46. The van der Waals surface area contributed by atoms with Crippen molar-refractivity contribution in [2.45, 2.75) is 18.9 Å². The lowest BCUT2D eigenvalue weighted by molar-refractivity contribution is -0.0162. The Hall–Kier alpha value is -3.26. The van der Waals surface area contributed by atoms with E-state index in [0.29, 0.717) is 35.5 Å². The lowest BCUT2D eigenvalue weighted by atomic mass is 10.1. The summed E-state index contributed by atoms with van der Waals surface area (Å²) >= 11 is 5.81. The summed E-state index contributed by atoms with van der Waals surface area (Å²) in [6, 6.07) is 12.0. The first-order chi connectivity index (χ1) is 14.2. The van der Waals surface area contributed by atoms with Gasteiger partial charge in [-0.25, -0.2) is 9.78 Å². The van der Waals surface area contributed by atoms with E-state index in [1.165, 1.54) is 11.0 Å². The first kappa shape index (κ1) is 19.1. The van der Waals surface area contributed by atoms with Crippen LogP contribution in [-0.2, 0) is 0 Å². The maximum absolute atomic E-state index is 12.4. The number of likely N-dealkylation sites (tertiary alicyclic amines) is 1. The zero-order chi connectivity index (χ0) is 20.1. The Morgan fingerprint density at radius 1 is 1.07 bits per heavy atom. The molecular formula is C20H19ClN4O4. The van der Waals surface area contributed by atoms with Crippen molar-refractivity contribution in [2.75, 3.05) is 13.1 Å². The summed E-state index contributed by atoms with van der Waals surface area (Å²) in [6.07, 6.45) is 6.00. The number of rotatable bonds is 5. The monoisotopic (exact) mass is 414 g/mol. The van der Waals surface area contributed by atoms with Crippen LogP contribution >= 0.6 is 11.6 Å². The molecule has 0 radical (unpaired) electrons. The Balaban J connectivity index is 1.26. The second-order valence-corrected chi connectivity index (χ2v) is 6.89. The summed E-state index contributed by atoms with van der Waals surface area (Å²) in [7, 11) is 0. The predicted molar refractivity (Wildman–Crippen MR) is 105 cm³/mol. The largest absolute Gasteiger partial charge is 0.439 e. The number of halogens is 1. The van der Waals surface area contributed by atoms with E-state index in [4.69, 9.17) is 25.9 Å². The van der Waals surface area contributed by atoms with E-state index in [2.05, 4.69) is 10.1 Å². The molecule has 0 unspecified atom stereocenters. The van der Waals surface area contributed by atoms with Crippen molar-refractivity contribution in [1.82, 2.24) is 19.8 Å². The van der Waals surface area contributed by atoms with Crippen LogP contribution in [0.1, 0.15) is 12.8 Å². The molecule has 0 atom stereocenters. The van der Waals surface area contributed by atoms with Gasteiger partial charge in [-0.05, 0) is 36.4 Å². The van der Waals surface area contributed by atoms with Crippen molar-refractivity contribution in [2.24, 2.45) is 0 Å². The van der Waals surface area contributed by atoms with E-state index in [1.54, 1.807) is 59.8 Å². The molecule has 0 saturated carbocycles. The molecule has 2 aromatic heterocycles. The van der Waals surface area contributed by atoms with Crippen molar-refractivity contribution in [3.8, 4) is 17.4 Å². The molecular weight excluding hydrogens is 396 g/mol. The van der Waals surface area contributed by atoms with Gasteiger partial charge in [0.25, 0.3) is 0 Å². The van der Waals surface area contributed by atoms with Gasteiger partial charge in [0.1, 0.15) is 17.6 Å². The van der Waals surface area contributed by atoms with Gasteiger partial charge >= 0.3 is 6.09 Å². The number of carbonyl (C=O) groups excluding carboxylic acids is 1. The zero-order valence-corrected chi connectivity index (χ0v) is 16.2. The molecule has 1 amide bonds. The molecule has 0 N–H and O–H groups in total. The molecule has 1 aromatic carbocycles. The Bertz CT molecular complexity index is 924. The highest BCUT2D eigenvalue weighted by Crippen LogP contribution is 2.24. The summed E-state index contributed by atoms with van der Waals surface area (Å²) in [4.78, 5) is 25.3. The summed E-state index contributed by atoms with van der Waals surface area (Å²) < 4.78 is 11.1. The molecule has 1 aliphatic rings. The van der Waals surface area contributed by atoms with Crippen molar-refractivity contribution in [3.05, 3.63) is 66.1 Å². The Morgan fingerprint density at radius 3 is 2.48 bits per heavy atom. The lowest BCUT2D eigenvalue weighted by Gasteiger charge is -2.30. The molecule has 0 spiro atoms. The van der Waals surface area contributed by atoms with Crippen molar-refractivity contribution in [3.63, 3.8) is 0 Å². The fourth-order valence-corrected chi connectivity index (χ4v) is 3.01. The third kappa shape index (κ3) is 5.17. The third-order valence-electron chi connectivity index (χ3n) is 4.39. The standard InChI is InChI=1S/C20H19ClN4O4/c21-15-2-7-19(22-14-15)27-16-3-5-17(6-4-16)28-20(26)24-12-8-18(9-13-24)29-25-11-1-10-23-25/h1-7,10-11,14,18H,8-9,12-13H2. The Kier molecular flexibility index (Phi) is 5.81. The highest BCUT2D eigenvalue weighted by molar-refractivity contribution is 6.30. The van der Waals surface area contributed by atoms with Gasteiger partial charge in [-0.3, -0.25) is 0 Å². The van der Waals surface area contributed by atoms with Crippen LogP contribution in [0.5, 0.6) is 17.4 Å². The molecule has 3 aromatic rings. The van der Waals surface area contributed by atoms with Gasteiger partial charge in [-0.1, -0.05) is 11.6 Å². The van der Waals surface area contributed by atoms with Gasteiger partial charge in [0.15, 0.2) is 0 Å². The lowest BCUT2D eigenvalue weighted by Crippen LogP contribution is -2.44. The maximum atomic E-state index is 12.4. The number of benzene rings is 1. The molecule has 4 rings (SSSR count). The number of amides is 1. The third-order valence-corrected chi connectivity index (χ3v) is 4.61. The van der Waals surface area contributed by atoms with Gasteiger partial charge < -0.3 is 19.2 Å². The number of hydrogen-bond acceptors (Lipinski definition) is 6. The highest BCUT2D eigenvalue weighted by atomic mass is 35.5. The molecule has 1 saturated heterocycles. The number of aromatic nitrogens is 3. The highest BCUT2D eigenvalue weighted by Gasteiger charge is 2.25. The molecule has 8 nitrogen and oxygen atoms in total. The fraction of sp³-hybridized carbons (Fsp3) is 0.250.